The molecule has 0 radical (unpaired) electrons. The molecule has 0 saturated carbocycles. The van der Waals surface area contributed by atoms with Gasteiger partial charge in [-0.05, 0) is 80.6 Å². The van der Waals surface area contributed by atoms with Crippen molar-refractivity contribution in [1.29, 1.82) is 5.26 Å². The lowest BCUT2D eigenvalue weighted by Gasteiger charge is -2.19. The number of nitrogens with zero attached hydrogens (tertiary/aromatic N) is 3. The number of carbonyl (C=O) groups excluding carboxylic acids is 2. The Morgan fingerprint density at radius 1 is 1.35 bits per heavy atom. The Bertz CT molecular complexity index is 1240. The summed E-state index contributed by atoms with van der Waals surface area (Å²) in [5.74, 6) is 1.97. The Hall–Kier alpha value is -3.88. The maximum atomic E-state index is 12.4. The summed E-state index contributed by atoms with van der Waals surface area (Å²) in [6.45, 7) is 4.10. The second kappa shape index (κ2) is 10.6. The van der Waals surface area contributed by atoms with Crippen LogP contribution in [0.3, 0.4) is 0 Å². The van der Waals surface area contributed by atoms with Crippen LogP contribution in [0.15, 0.2) is 24.3 Å². The first-order chi connectivity index (χ1) is 17.9. The van der Waals surface area contributed by atoms with Gasteiger partial charge in [0.1, 0.15) is 24.3 Å². The molecule has 3 unspecified atom stereocenters. The summed E-state index contributed by atoms with van der Waals surface area (Å²) in [4.78, 5) is 29.8. The maximum absolute atomic E-state index is 12.4. The quantitative estimate of drug-likeness (QED) is 0.432. The molecule has 11 heteroatoms. The Morgan fingerprint density at radius 2 is 2.22 bits per heavy atom. The number of pyridine rings is 1. The number of carbonyl (C=O) groups is 2. The van der Waals surface area contributed by atoms with Crippen molar-refractivity contribution >= 4 is 23.6 Å². The van der Waals surface area contributed by atoms with Gasteiger partial charge in [-0.15, -0.1) is 0 Å². The van der Waals surface area contributed by atoms with Crippen LogP contribution in [0.1, 0.15) is 30.0 Å². The number of cyclic esters (lactones) is 1. The van der Waals surface area contributed by atoms with Crippen molar-refractivity contribution in [2.75, 3.05) is 43.1 Å². The van der Waals surface area contributed by atoms with Crippen molar-refractivity contribution in [3.8, 4) is 17.6 Å². The van der Waals surface area contributed by atoms with Gasteiger partial charge >= 0.3 is 6.09 Å². The summed E-state index contributed by atoms with van der Waals surface area (Å²) < 4.78 is 16.6. The normalized spacial score (nSPS) is 20.8. The number of anilines is 2. The van der Waals surface area contributed by atoms with E-state index in [2.05, 4.69) is 21.7 Å². The molecule has 0 bridgehead atoms. The number of benzene rings is 1. The minimum atomic E-state index is -0.460. The van der Waals surface area contributed by atoms with Crippen molar-refractivity contribution in [3.63, 3.8) is 0 Å². The third-order valence-electron chi connectivity index (χ3n) is 6.64. The van der Waals surface area contributed by atoms with E-state index in [0.29, 0.717) is 60.7 Å². The second-order valence-corrected chi connectivity index (χ2v) is 9.75. The van der Waals surface area contributed by atoms with Crippen LogP contribution >= 0.6 is 0 Å². The zero-order valence-electron chi connectivity index (χ0n) is 20.7. The number of nitriles is 1. The summed E-state index contributed by atoms with van der Waals surface area (Å²) in [6.07, 6.45) is 1.65. The van der Waals surface area contributed by atoms with Gasteiger partial charge in [0, 0.05) is 6.04 Å². The van der Waals surface area contributed by atoms with Gasteiger partial charge in [-0.2, -0.15) is 5.26 Å². The number of fused-ring (bicyclic) bond motifs is 2. The number of aromatic nitrogens is 1. The highest BCUT2D eigenvalue weighted by molar-refractivity contribution is 5.95. The Labute approximate surface area is 214 Å². The van der Waals surface area contributed by atoms with E-state index in [1.54, 1.807) is 18.2 Å². The molecule has 3 heterocycles. The molecule has 194 valence electrons. The predicted octanol–water partition coefficient (Wildman–Crippen LogP) is 1.73. The number of amides is 2. The predicted molar refractivity (Wildman–Crippen MR) is 135 cm³/mol. The van der Waals surface area contributed by atoms with E-state index in [0.717, 1.165) is 30.5 Å². The summed E-state index contributed by atoms with van der Waals surface area (Å²) >= 11 is 0. The molecule has 37 heavy (non-hydrogen) atoms. The summed E-state index contributed by atoms with van der Waals surface area (Å²) in [6, 6.07) is 9.42. The molecule has 1 saturated heterocycles. The molecule has 0 spiro atoms. The second-order valence-electron chi connectivity index (χ2n) is 9.75. The molecular weight excluding hydrogens is 476 g/mol. The van der Waals surface area contributed by atoms with Gasteiger partial charge < -0.3 is 30.6 Å². The van der Waals surface area contributed by atoms with Crippen molar-refractivity contribution in [1.82, 2.24) is 10.3 Å². The molecule has 2 amide bonds. The Morgan fingerprint density at radius 3 is 3.03 bits per heavy atom. The largest absolute Gasteiger partial charge is 0.492 e. The zero-order valence-corrected chi connectivity index (χ0v) is 20.7. The molecule has 1 aliphatic carbocycles. The fraction of sp³-hybridized carbons (Fsp3) is 0.462. The molecule has 3 aliphatic rings. The van der Waals surface area contributed by atoms with Gasteiger partial charge in [0.25, 0.3) is 5.91 Å². The van der Waals surface area contributed by atoms with Crippen molar-refractivity contribution in [2.24, 2.45) is 11.7 Å². The van der Waals surface area contributed by atoms with Crippen LogP contribution in [0.25, 0.3) is 0 Å². The molecule has 5 rings (SSSR count). The first-order valence-electron chi connectivity index (χ1n) is 12.5. The molecule has 2 aromatic rings. The Balaban J connectivity index is 1.10. The fourth-order valence-electron chi connectivity index (χ4n) is 4.88. The lowest BCUT2D eigenvalue weighted by Crippen LogP contribution is -2.30. The first kappa shape index (κ1) is 24.8. The molecule has 3 atom stereocenters. The van der Waals surface area contributed by atoms with E-state index in [4.69, 9.17) is 19.9 Å². The molecule has 1 fully saturated rings. The van der Waals surface area contributed by atoms with Crippen LogP contribution in [-0.4, -0.2) is 62.0 Å². The average molecular weight is 507 g/mol. The Kier molecular flexibility index (Phi) is 7.12. The van der Waals surface area contributed by atoms with Gasteiger partial charge in [-0.3, -0.25) is 9.69 Å². The lowest BCUT2D eigenvalue weighted by molar-refractivity contribution is -0.118. The maximum Gasteiger partial charge on any atom is 0.415 e. The van der Waals surface area contributed by atoms with Crippen LogP contribution in [-0.2, 0) is 22.4 Å². The minimum absolute atomic E-state index is 0.0507. The van der Waals surface area contributed by atoms with Crippen LogP contribution in [0.5, 0.6) is 11.5 Å². The van der Waals surface area contributed by atoms with Gasteiger partial charge in [0.2, 0.25) is 0 Å². The van der Waals surface area contributed by atoms with Crippen LogP contribution in [0, 0.1) is 17.2 Å². The summed E-state index contributed by atoms with van der Waals surface area (Å²) in [5.41, 5.74) is 8.71. The minimum Gasteiger partial charge on any atom is -0.492 e. The number of rotatable bonds is 9. The standard InChI is InChI=1S/C26H30N6O5/c1-15(28)13-35-20-8-17-6-16(7-21(17)18(9-20)10-27)11-29-5-4-19-12-32(26(34)37-19)23-3-2-22-25(30-23)31-24(33)14-36-22/h2-3,8-9,15-16,19,29H,4-7,11-14,28H2,1H3,(H,30,31,33). The smallest absolute Gasteiger partial charge is 0.415 e. The van der Waals surface area contributed by atoms with Crippen molar-refractivity contribution in [2.45, 2.75) is 38.3 Å². The number of hydrogen-bond donors (Lipinski definition) is 3. The van der Waals surface area contributed by atoms with E-state index in [9.17, 15) is 14.9 Å². The highest BCUT2D eigenvalue weighted by Crippen LogP contribution is 2.33. The number of nitrogens with two attached hydrogens (primary N) is 1. The fourth-order valence-corrected chi connectivity index (χ4v) is 4.88. The van der Waals surface area contributed by atoms with Gasteiger partial charge in [-0.25, -0.2) is 9.78 Å². The molecule has 4 N–H and O–H groups in total. The summed E-state index contributed by atoms with van der Waals surface area (Å²) in [7, 11) is 0. The lowest BCUT2D eigenvalue weighted by atomic mass is 10.0. The molecule has 2 aliphatic heterocycles. The number of ether oxygens (including phenoxy) is 3. The average Bonchev–Trinajstić information content (AvgIpc) is 3.47. The number of nitrogens with one attached hydrogen (secondary N) is 2. The SMILES string of the molecule is CC(N)COc1cc(C#N)c2c(c1)CC(CNCCC1CN(c3ccc4c(n3)NC(=O)CO4)C(=O)O1)C2. The molecular formula is C26H30N6O5. The van der Waals surface area contributed by atoms with Crippen LogP contribution < -0.4 is 30.7 Å². The highest BCUT2D eigenvalue weighted by atomic mass is 16.6. The van der Waals surface area contributed by atoms with E-state index in [-0.39, 0.29) is 24.7 Å². The monoisotopic (exact) mass is 506 g/mol. The number of hydrogen-bond acceptors (Lipinski definition) is 9. The van der Waals surface area contributed by atoms with E-state index < -0.39 is 6.09 Å². The molecule has 1 aromatic carbocycles. The van der Waals surface area contributed by atoms with E-state index >= 15 is 0 Å². The first-order valence-corrected chi connectivity index (χ1v) is 12.5. The van der Waals surface area contributed by atoms with E-state index in [1.165, 1.54) is 4.90 Å². The van der Waals surface area contributed by atoms with Crippen molar-refractivity contribution in [3.05, 3.63) is 41.0 Å². The van der Waals surface area contributed by atoms with Gasteiger partial charge in [-0.1, -0.05) is 0 Å². The van der Waals surface area contributed by atoms with E-state index in [1.807, 2.05) is 13.0 Å². The topological polar surface area (TPSA) is 152 Å². The third kappa shape index (κ3) is 5.60. The highest BCUT2D eigenvalue weighted by Gasteiger charge is 2.34. The van der Waals surface area contributed by atoms with Crippen LogP contribution in [0.4, 0.5) is 16.4 Å². The zero-order chi connectivity index (χ0) is 25.9. The third-order valence-corrected chi connectivity index (χ3v) is 6.64. The van der Waals surface area contributed by atoms with Crippen molar-refractivity contribution < 1.29 is 23.8 Å². The van der Waals surface area contributed by atoms with Crippen LogP contribution in [0.2, 0.25) is 0 Å². The molecule has 1 aromatic heterocycles. The summed E-state index contributed by atoms with van der Waals surface area (Å²) in [5, 5.41) is 15.7. The molecule has 11 nitrogen and oxygen atoms in total. The van der Waals surface area contributed by atoms with Gasteiger partial charge in [0.05, 0.1) is 18.2 Å². The van der Waals surface area contributed by atoms with Gasteiger partial charge in [0.15, 0.2) is 18.2 Å².